The molecule has 120 valence electrons. The van der Waals surface area contributed by atoms with Crippen LogP contribution in [0.15, 0.2) is 48.5 Å². The first kappa shape index (κ1) is 14.4. The smallest absolute Gasteiger partial charge is 0.204 e. The molecule has 0 aliphatic rings. The number of para-hydroxylation sites is 2. The largest absolute Gasteiger partial charge is 0.497 e. The molecular formula is C18H17N5O. The minimum Gasteiger partial charge on any atom is -0.497 e. The highest BCUT2D eigenvalue weighted by atomic mass is 16.5. The average molecular weight is 319 g/mol. The summed E-state index contributed by atoms with van der Waals surface area (Å²) in [6, 6.07) is 15.7. The molecule has 0 aliphatic heterocycles. The second-order valence-corrected chi connectivity index (χ2v) is 5.43. The number of hydrogen-bond acceptors (Lipinski definition) is 5. The lowest BCUT2D eigenvalue weighted by Crippen LogP contribution is -2.02. The van der Waals surface area contributed by atoms with E-state index in [0.717, 1.165) is 34.7 Å². The number of nitrogens with one attached hydrogen (secondary N) is 1. The average Bonchev–Trinajstić information content (AvgIpc) is 3.07. The first-order valence-electron chi connectivity index (χ1n) is 7.84. The molecule has 0 spiro atoms. The van der Waals surface area contributed by atoms with E-state index in [2.05, 4.69) is 26.8 Å². The highest BCUT2D eigenvalue weighted by Gasteiger charge is 2.14. The molecule has 24 heavy (non-hydrogen) atoms. The minimum atomic E-state index is 0.675. The van der Waals surface area contributed by atoms with E-state index in [1.165, 1.54) is 0 Å². The molecule has 4 rings (SSSR count). The second kappa shape index (κ2) is 5.81. The van der Waals surface area contributed by atoms with Crippen LogP contribution >= 0.6 is 0 Å². The Balaban J connectivity index is 1.92. The third-order valence-corrected chi connectivity index (χ3v) is 3.95. The summed E-state index contributed by atoms with van der Waals surface area (Å²) in [4.78, 5) is 4.73. The van der Waals surface area contributed by atoms with Crippen molar-refractivity contribution in [2.24, 2.45) is 0 Å². The molecule has 6 nitrogen and oxygen atoms in total. The Hall–Kier alpha value is -3.15. The van der Waals surface area contributed by atoms with E-state index >= 15 is 0 Å². The maximum absolute atomic E-state index is 5.28. The van der Waals surface area contributed by atoms with E-state index in [-0.39, 0.29) is 0 Å². The van der Waals surface area contributed by atoms with Crippen LogP contribution in [-0.2, 0) is 6.42 Å². The molecule has 0 saturated carbocycles. The fourth-order valence-corrected chi connectivity index (χ4v) is 2.79. The highest BCUT2D eigenvalue weighted by Crippen LogP contribution is 2.26. The van der Waals surface area contributed by atoms with Gasteiger partial charge in [0.05, 0.1) is 18.1 Å². The molecule has 0 bridgehead atoms. The van der Waals surface area contributed by atoms with Crippen LogP contribution in [0.5, 0.6) is 5.75 Å². The van der Waals surface area contributed by atoms with Crippen molar-refractivity contribution in [3.05, 3.63) is 54.4 Å². The van der Waals surface area contributed by atoms with Crippen molar-refractivity contribution in [1.29, 1.82) is 0 Å². The van der Waals surface area contributed by atoms with E-state index in [9.17, 15) is 0 Å². The summed E-state index contributed by atoms with van der Waals surface area (Å²) in [5.41, 5.74) is 3.50. The Morgan fingerprint density at radius 3 is 2.79 bits per heavy atom. The van der Waals surface area contributed by atoms with Crippen molar-refractivity contribution in [3.63, 3.8) is 0 Å². The van der Waals surface area contributed by atoms with Crippen molar-refractivity contribution in [2.75, 3.05) is 12.4 Å². The standard InChI is InChI=1S/C18H17N5O/c1-3-16-21-22-18-17(19-12-7-6-8-13(11-12)24-2)20-14-9-4-5-10-15(14)23(16)18/h4-11H,3H2,1-2H3,(H,19,20). The zero-order chi connectivity index (χ0) is 16.5. The van der Waals surface area contributed by atoms with Gasteiger partial charge in [0, 0.05) is 18.2 Å². The summed E-state index contributed by atoms with van der Waals surface area (Å²) in [5.74, 6) is 2.37. The fourth-order valence-electron chi connectivity index (χ4n) is 2.79. The molecule has 1 N–H and O–H groups in total. The Morgan fingerprint density at radius 1 is 1.08 bits per heavy atom. The third-order valence-electron chi connectivity index (χ3n) is 3.95. The normalized spacial score (nSPS) is 11.1. The number of nitrogens with zero attached hydrogens (tertiary/aromatic N) is 4. The lowest BCUT2D eigenvalue weighted by molar-refractivity contribution is 0.415. The molecular weight excluding hydrogens is 302 g/mol. The Bertz CT molecular complexity index is 1020. The van der Waals surface area contributed by atoms with Crippen LogP contribution in [0, 0.1) is 0 Å². The maximum atomic E-state index is 5.28. The quantitative estimate of drug-likeness (QED) is 0.623. The molecule has 6 heteroatoms. The number of fused-ring (bicyclic) bond motifs is 3. The zero-order valence-electron chi connectivity index (χ0n) is 13.5. The van der Waals surface area contributed by atoms with Gasteiger partial charge < -0.3 is 10.1 Å². The van der Waals surface area contributed by atoms with Gasteiger partial charge in [-0.1, -0.05) is 25.1 Å². The van der Waals surface area contributed by atoms with Gasteiger partial charge in [-0.2, -0.15) is 0 Å². The molecule has 2 aromatic heterocycles. The van der Waals surface area contributed by atoms with E-state index in [4.69, 9.17) is 9.72 Å². The Kier molecular flexibility index (Phi) is 3.49. The first-order valence-corrected chi connectivity index (χ1v) is 7.84. The van der Waals surface area contributed by atoms with Gasteiger partial charge in [0.15, 0.2) is 5.82 Å². The van der Waals surface area contributed by atoms with Crippen LogP contribution in [-0.4, -0.2) is 26.7 Å². The topological polar surface area (TPSA) is 64.3 Å². The number of anilines is 2. The number of aromatic nitrogens is 4. The Labute approximate surface area is 139 Å². The van der Waals surface area contributed by atoms with Crippen LogP contribution in [0.4, 0.5) is 11.5 Å². The first-order chi connectivity index (χ1) is 11.8. The maximum Gasteiger partial charge on any atom is 0.204 e. The van der Waals surface area contributed by atoms with Gasteiger partial charge in [-0.15, -0.1) is 10.2 Å². The summed E-state index contributed by atoms with van der Waals surface area (Å²) in [6.45, 7) is 2.07. The van der Waals surface area contributed by atoms with Crippen LogP contribution in [0.1, 0.15) is 12.7 Å². The molecule has 0 fully saturated rings. The van der Waals surface area contributed by atoms with E-state index in [1.54, 1.807) is 7.11 Å². The van der Waals surface area contributed by atoms with Crippen molar-refractivity contribution in [2.45, 2.75) is 13.3 Å². The summed E-state index contributed by atoms with van der Waals surface area (Å²) in [7, 11) is 1.65. The van der Waals surface area contributed by atoms with Crippen molar-refractivity contribution in [3.8, 4) is 5.75 Å². The minimum absolute atomic E-state index is 0.675. The molecule has 2 aromatic carbocycles. The van der Waals surface area contributed by atoms with Gasteiger partial charge in [0.2, 0.25) is 5.65 Å². The third kappa shape index (κ3) is 2.32. The number of rotatable bonds is 4. The lowest BCUT2D eigenvalue weighted by Gasteiger charge is -2.10. The summed E-state index contributed by atoms with van der Waals surface area (Å²) in [5, 5.41) is 12.0. The number of aryl methyl sites for hydroxylation is 1. The van der Waals surface area contributed by atoms with Gasteiger partial charge in [-0.05, 0) is 24.3 Å². The summed E-state index contributed by atoms with van der Waals surface area (Å²) >= 11 is 0. The number of methoxy groups -OCH3 is 1. The predicted octanol–water partition coefficient (Wildman–Crippen LogP) is 3.59. The number of benzene rings is 2. The number of ether oxygens (including phenoxy) is 1. The van der Waals surface area contributed by atoms with Crippen LogP contribution in [0.25, 0.3) is 16.7 Å². The van der Waals surface area contributed by atoms with Gasteiger partial charge in [0.1, 0.15) is 11.6 Å². The van der Waals surface area contributed by atoms with Crippen LogP contribution in [0.3, 0.4) is 0 Å². The molecule has 0 unspecified atom stereocenters. The lowest BCUT2D eigenvalue weighted by atomic mass is 10.2. The molecule has 0 atom stereocenters. The molecule has 0 radical (unpaired) electrons. The Morgan fingerprint density at radius 2 is 1.96 bits per heavy atom. The van der Waals surface area contributed by atoms with E-state index in [0.29, 0.717) is 11.5 Å². The molecule has 0 amide bonds. The monoisotopic (exact) mass is 319 g/mol. The summed E-state index contributed by atoms with van der Waals surface area (Å²) < 4.78 is 7.34. The second-order valence-electron chi connectivity index (χ2n) is 5.43. The van der Waals surface area contributed by atoms with Crippen LogP contribution < -0.4 is 10.1 Å². The van der Waals surface area contributed by atoms with E-state index in [1.807, 2.05) is 48.5 Å². The van der Waals surface area contributed by atoms with Crippen molar-refractivity contribution >= 4 is 28.2 Å². The molecule has 0 saturated heterocycles. The summed E-state index contributed by atoms with van der Waals surface area (Å²) in [6.07, 6.45) is 0.799. The predicted molar refractivity (Wildman–Crippen MR) is 93.9 cm³/mol. The van der Waals surface area contributed by atoms with Crippen molar-refractivity contribution < 1.29 is 4.74 Å². The van der Waals surface area contributed by atoms with Gasteiger partial charge in [0.25, 0.3) is 0 Å². The molecule has 4 aromatic rings. The molecule has 0 aliphatic carbocycles. The van der Waals surface area contributed by atoms with Gasteiger partial charge >= 0.3 is 0 Å². The highest BCUT2D eigenvalue weighted by molar-refractivity contribution is 5.84. The van der Waals surface area contributed by atoms with Crippen molar-refractivity contribution in [1.82, 2.24) is 19.6 Å². The number of hydrogen-bond donors (Lipinski definition) is 1. The van der Waals surface area contributed by atoms with Crippen LogP contribution in [0.2, 0.25) is 0 Å². The molecule has 2 heterocycles. The van der Waals surface area contributed by atoms with Gasteiger partial charge in [-0.3, -0.25) is 4.40 Å². The van der Waals surface area contributed by atoms with E-state index < -0.39 is 0 Å². The fraction of sp³-hybridized carbons (Fsp3) is 0.167. The SMILES string of the molecule is CCc1nnc2c(Nc3cccc(OC)c3)nc3ccccc3n12. The van der Waals surface area contributed by atoms with Gasteiger partial charge in [-0.25, -0.2) is 4.98 Å². The zero-order valence-corrected chi connectivity index (χ0v) is 13.5.